The lowest BCUT2D eigenvalue weighted by Crippen LogP contribution is -2.30. The van der Waals surface area contributed by atoms with Gasteiger partial charge in [-0.05, 0) is 64.2 Å². The SMILES string of the molecule is CCCC/C=C\CCCCCCCC(=O)OCC(COCCCCCCCCCC/C=C\CCCCCCCC)OC(=O)CCCCCCC. The number of hydrogen-bond donors (Lipinski definition) is 0. The molecule has 0 spiro atoms. The minimum atomic E-state index is -0.530. The molecule has 0 aliphatic heterocycles. The summed E-state index contributed by atoms with van der Waals surface area (Å²) in [6.07, 6.45) is 46.3. The molecule has 0 aromatic carbocycles. The van der Waals surface area contributed by atoms with Gasteiger partial charge in [0.25, 0.3) is 0 Å². The smallest absolute Gasteiger partial charge is 0.306 e. The monoisotopic (exact) mass is 705 g/mol. The van der Waals surface area contributed by atoms with Crippen molar-refractivity contribution in [2.45, 2.75) is 232 Å². The number of hydrogen-bond acceptors (Lipinski definition) is 5. The number of carbonyl (C=O) groups excluding carboxylic acids is 2. The van der Waals surface area contributed by atoms with Crippen LogP contribution in [-0.4, -0.2) is 37.9 Å². The molecule has 0 heterocycles. The van der Waals surface area contributed by atoms with Gasteiger partial charge in [0.2, 0.25) is 0 Å². The van der Waals surface area contributed by atoms with Crippen LogP contribution in [0.1, 0.15) is 226 Å². The van der Waals surface area contributed by atoms with Crippen molar-refractivity contribution in [2.75, 3.05) is 19.8 Å². The maximum atomic E-state index is 12.5. The second-order valence-electron chi connectivity index (χ2n) is 14.6. The van der Waals surface area contributed by atoms with E-state index < -0.39 is 6.10 Å². The number of allylic oxidation sites excluding steroid dienone is 4. The minimum absolute atomic E-state index is 0.0830. The van der Waals surface area contributed by atoms with Gasteiger partial charge >= 0.3 is 11.9 Å². The molecular formula is C45H84O5. The summed E-state index contributed by atoms with van der Waals surface area (Å²) in [6, 6.07) is 0. The molecule has 0 saturated heterocycles. The van der Waals surface area contributed by atoms with Crippen LogP contribution in [0.2, 0.25) is 0 Å². The van der Waals surface area contributed by atoms with Crippen LogP contribution < -0.4 is 0 Å². The van der Waals surface area contributed by atoms with E-state index >= 15 is 0 Å². The van der Waals surface area contributed by atoms with Gasteiger partial charge < -0.3 is 14.2 Å². The Bertz CT molecular complexity index is 761. The number of carbonyl (C=O) groups is 2. The molecule has 0 amide bonds. The quantitative estimate of drug-likeness (QED) is 0.0361. The average molecular weight is 705 g/mol. The van der Waals surface area contributed by atoms with Crippen LogP contribution in [0.25, 0.3) is 0 Å². The van der Waals surface area contributed by atoms with E-state index in [9.17, 15) is 9.59 Å². The summed E-state index contributed by atoms with van der Waals surface area (Å²) in [5, 5.41) is 0. The molecular weight excluding hydrogens is 620 g/mol. The zero-order chi connectivity index (χ0) is 36.4. The Morgan fingerprint density at radius 2 is 0.800 bits per heavy atom. The van der Waals surface area contributed by atoms with Crippen molar-refractivity contribution < 1.29 is 23.8 Å². The van der Waals surface area contributed by atoms with Crippen molar-refractivity contribution in [1.82, 2.24) is 0 Å². The molecule has 50 heavy (non-hydrogen) atoms. The first-order valence-electron chi connectivity index (χ1n) is 21.9. The summed E-state index contributed by atoms with van der Waals surface area (Å²) in [6.45, 7) is 7.71. The lowest BCUT2D eigenvalue weighted by Gasteiger charge is -2.18. The summed E-state index contributed by atoms with van der Waals surface area (Å²) >= 11 is 0. The minimum Gasteiger partial charge on any atom is -0.462 e. The van der Waals surface area contributed by atoms with Crippen molar-refractivity contribution >= 4 is 11.9 Å². The fourth-order valence-corrected chi connectivity index (χ4v) is 6.13. The Kier molecular flexibility index (Phi) is 40.4. The van der Waals surface area contributed by atoms with Gasteiger partial charge in [-0.2, -0.15) is 0 Å². The normalized spacial score (nSPS) is 12.3. The molecule has 0 radical (unpaired) electrons. The molecule has 294 valence electrons. The molecule has 1 atom stereocenters. The highest BCUT2D eigenvalue weighted by atomic mass is 16.6. The number of esters is 2. The molecule has 0 bridgehead atoms. The predicted molar refractivity (Wildman–Crippen MR) is 215 cm³/mol. The van der Waals surface area contributed by atoms with Gasteiger partial charge in [0.15, 0.2) is 6.10 Å². The lowest BCUT2D eigenvalue weighted by molar-refractivity contribution is -0.163. The number of rotatable bonds is 40. The molecule has 0 aromatic rings. The van der Waals surface area contributed by atoms with Crippen LogP contribution in [-0.2, 0) is 23.8 Å². The summed E-state index contributed by atoms with van der Waals surface area (Å²) in [5.41, 5.74) is 0. The third-order valence-electron chi connectivity index (χ3n) is 9.46. The van der Waals surface area contributed by atoms with Crippen LogP contribution in [0.5, 0.6) is 0 Å². The molecule has 5 heteroatoms. The first-order chi connectivity index (χ1) is 24.6. The summed E-state index contributed by atoms with van der Waals surface area (Å²) in [7, 11) is 0. The van der Waals surface area contributed by atoms with Crippen LogP contribution in [0.4, 0.5) is 0 Å². The molecule has 0 N–H and O–H groups in total. The first-order valence-corrected chi connectivity index (χ1v) is 21.9. The molecule has 1 unspecified atom stereocenters. The van der Waals surface area contributed by atoms with Gasteiger partial charge in [0.1, 0.15) is 6.61 Å². The Balaban J connectivity index is 4.03. The Morgan fingerprint density at radius 3 is 1.28 bits per heavy atom. The van der Waals surface area contributed by atoms with E-state index in [2.05, 4.69) is 45.1 Å². The predicted octanol–water partition coefficient (Wildman–Crippen LogP) is 14.1. The molecule has 0 aliphatic carbocycles. The van der Waals surface area contributed by atoms with Gasteiger partial charge in [-0.3, -0.25) is 9.59 Å². The molecule has 0 aromatic heterocycles. The largest absolute Gasteiger partial charge is 0.462 e. The van der Waals surface area contributed by atoms with Crippen molar-refractivity contribution in [2.24, 2.45) is 0 Å². The highest BCUT2D eigenvalue weighted by Crippen LogP contribution is 2.13. The van der Waals surface area contributed by atoms with E-state index in [1.54, 1.807) is 0 Å². The van der Waals surface area contributed by atoms with Crippen LogP contribution in [0, 0.1) is 0 Å². The Labute approximate surface area is 311 Å². The molecule has 0 rings (SSSR count). The van der Waals surface area contributed by atoms with Crippen LogP contribution >= 0.6 is 0 Å². The Morgan fingerprint density at radius 1 is 0.420 bits per heavy atom. The van der Waals surface area contributed by atoms with Crippen molar-refractivity contribution in [3.05, 3.63) is 24.3 Å². The highest BCUT2D eigenvalue weighted by Gasteiger charge is 2.17. The maximum Gasteiger partial charge on any atom is 0.306 e. The second-order valence-corrected chi connectivity index (χ2v) is 14.6. The summed E-state index contributed by atoms with van der Waals surface area (Å²) < 4.78 is 17.2. The maximum absolute atomic E-state index is 12.5. The van der Waals surface area contributed by atoms with Gasteiger partial charge in [0.05, 0.1) is 6.61 Å². The number of unbranched alkanes of at least 4 members (excludes halogenated alkanes) is 25. The van der Waals surface area contributed by atoms with Crippen molar-refractivity contribution in [1.29, 1.82) is 0 Å². The zero-order valence-electron chi connectivity index (χ0n) is 33.7. The fourth-order valence-electron chi connectivity index (χ4n) is 6.13. The third kappa shape index (κ3) is 39.2. The van der Waals surface area contributed by atoms with Crippen LogP contribution in [0.15, 0.2) is 24.3 Å². The second kappa shape index (κ2) is 41.8. The molecule has 0 fully saturated rings. The van der Waals surface area contributed by atoms with Gasteiger partial charge in [-0.15, -0.1) is 0 Å². The fraction of sp³-hybridized carbons (Fsp3) is 0.867. The van der Waals surface area contributed by atoms with Crippen LogP contribution in [0.3, 0.4) is 0 Å². The van der Waals surface area contributed by atoms with Crippen molar-refractivity contribution in [3.8, 4) is 0 Å². The van der Waals surface area contributed by atoms with Gasteiger partial charge in [-0.25, -0.2) is 0 Å². The number of ether oxygens (including phenoxy) is 3. The van der Waals surface area contributed by atoms with E-state index in [0.717, 1.165) is 57.8 Å². The van der Waals surface area contributed by atoms with Gasteiger partial charge in [0, 0.05) is 19.4 Å². The van der Waals surface area contributed by atoms with E-state index in [4.69, 9.17) is 14.2 Å². The molecule has 0 aliphatic rings. The molecule has 5 nitrogen and oxygen atoms in total. The highest BCUT2D eigenvalue weighted by molar-refractivity contribution is 5.70. The van der Waals surface area contributed by atoms with E-state index in [-0.39, 0.29) is 25.2 Å². The van der Waals surface area contributed by atoms with E-state index in [0.29, 0.717) is 19.4 Å². The van der Waals surface area contributed by atoms with Crippen molar-refractivity contribution in [3.63, 3.8) is 0 Å². The lowest BCUT2D eigenvalue weighted by atomic mass is 10.1. The topological polar surface area (TPSA) is 61.8 Å². The van der Waals surface area contributed by atoms with Gasteiger partial charge in [-0.1, -0.05) is 173 Å². The summed E-state index contributed by atoms with van der Waals surface area (Å²) in [4.78, 5) is 24.9. The summed E-state index contributed by atoms with van der Waals surface area (Å²) in [5.74, 6) is -0.417. The first kappa shape index (κ1) is 48.4. The Hall–Kier alpha value is -1.62. The van der Waals surface area contributed by atoms with E-state index in [1.807, 2.05) is 0 Å². The van der Waals surface area contributed by atoms with E-state index in [1.165, 1.54) is 135 Å². The zero-order valence-corrected chi connectivity index (χ0v) is 33.7. The third-order valence-corrected chi connectivity index (χ3v) is 9.46. The molecule has 0 saturated carbocycles. The standard InChI is InChI=1S/C45H84O5/c1-4-7-10-13-15-17-19-20-21-22-23-24-25-27-29-31-34-37-40-48-41-43(50-45(47)39-36-32-12-9-6-3)42-49-44(46)38-35-33-30-28-26-18-16-14-11-8-5-2/h14,16,20-21,43H,4-13,15,17-19,22-42H2,1-3H3/b16-14-,21-20-. The average Bonchev–Trinajstić information content (AvgIpc) is 3.11.